The molecule has 0 aliphatic carbocycles. The molecule has 0 aromatic heterocycles. The van der Waals surface area contributed by atoms with Crippen LogP contribution >= 0.6 is 11.6 Å². The first-order valence-electron chi connectivity index (χ1n) is 2.86. The Morgan fingerprint density at radius 3 is 2.30 bits per heavy atom. The van der Waals surface area contributed by atoms with Crippen molar-refractivity contribution >= 4 is 23.1 Å². The minimum atomic E-state index is -1.07. The van der Waals surface area contributed by atoms with Gasteiger partial charge in [0, 0.05) is 24.7 Å². The first kappa shape index (κ1) is 7.34. The predicted molar refractivity (Wildman–Crippen MR) is 33.9 cm³/mol. The summed E-state index contributed by atoms with van der Waals surface area (Å²) in [6.07, 6.45) is 0.317. The zero-order valence-corrected chi connectivity index (χ0v) is 5.93. The van der Waals surface area contributed by atoms with Gasteiger partial charge in [-0.1, -0.05) is 0 Å². The summed E-state index contributed by atoms with van der Waals surface area (Å²) in [5.41, 5.74) is -1.07. The summed E-state index contributed by atoms with van der Waals surface area (Å²) >= 11 is 4.79. The lowest BCUT2D eigenvalue weighted by molar-refractivity contribution is 0.107. The Morgan fingerprint density at radius 1 is 1.40 bits per heavy atom. The van der Waals surface area contributed by atoms with Gasteiger partial charge in [0.05, 0.1) is 0 Å². The van der Waals surface area contributed by atoms with Gasteiger partial charge in [-0.2, -0.15) is 0 Å². The van der Waals surface area contributed by atoms with Crippen molar-refractivity contribution in [1.82, 2.24) is 4.90 Å². The lowest BCUT2D eigenvalue weighted by atomic mass is 10.2. The average Bonchev–Trinajstić information content (AvgIpc) is 1.55. The van der Waals surface area contributed by atoms with Crippen molar-refractivity contribution in [2.45, 2.75) is 6.42 Å². The van der Waals surface area contributed by atoms with Crippen LogP contribution in [-0.4, -0.2) is 29.5 Å². The third kappa shape index (κ3) is 1.60. The molecule has 0 bridgehead atoms. The van der Waals surface area contributed by atoms with Crippen molar-refractivity contribution in [2.24, 2.45) is 0 Å². The molecule has 0 aromatic rings. The van der Waals surface area contributed by atoms with Gasteiger partial charge in [-0.05, 0) is 6.42 Å². The Bertz CT molecular complexity index is 166. The van der Waals surface area contributed by atoms with E-state index in [9.17, 15) is 9.59 Å². The van der Waals surface area contributed by atoms with Gasteiger partial charge in [-0.25, -0.2) is 9.59 Å². The summed E-state index contributed by atoms with van der Waals surface area (Å²) in [5.74, 6) is 0. The monoisotopic (exact) mass is 163 g/mol. The maximum absolute atomic E-state index is 10.6. The van der Waals surface area contributed by atoms with Crippen molar-refractivity contribution in [3.63, 3.8) is 0 Å². The molecule has 0 unspecified atom stereocenters. The van der Waals surface area contributed by atoms with Gasteiger partial charge in [0.1, 0.15) is 0 Å². The average molecular weight is 164 g/mol. The molecule has 0 saturated carbocycles. The minimum Gasteiger partial charge on any atom is -0.364 e. The molecule has 1 rings (SSSR count). The summed E-state index contributed by atoms with van der Waals surface area (Å²) < 4.78 is 4.07. The molecule has 0 spiro atoms. The maximum atomic E-state index is 10.6. The fourth-order valence-electron chi connectivity index (χ4n) is 0.632. The van der Waals surface area contributed by atoms with Crippen LogP contribution in [0.25, 0.3) is 0 Å². The first-order valence-corrected chi connectivity index (χ1v) is 3.24. The third-order valence-electron chi connectivity index (χ3n) is 1.28. The topological polar surface area (TPSA) is 46.6 Å². The molecule has 0 radical (unpaired) electrons. The Morgan fingerprint density at radius 2 is 2.00 bits per heavy atom. The van der Waals surface area contributed by atoms with Crippen LogP contribution in [0.3, 0.4) is 0 Å². The fraction of sp³-hybridized carbons (Fsp3) is 0.600. The second-order valence-corrected chi connectivity index (χ2v) is 2.25. The molecule has 1 fully saturated rings. The normalized spacial score (nSPS) is 15.9. The molecule has 0 N–H and O–H groups in total. The summed E-state index contributed by atoms with van der Waals surface area (Å²) in [4.78, 5) is 22.0. The van der Waals surface area contributed by atoms with Gasteiger partial charge in [0.25, 0.3) is 0 Å². The largest absolute Gasteiger partial charge is 0.418 e. The van der Waals surface area contributed by atoms with Gasteiger partial charge in [0.15, 0.2) is 0 Å². The van der Waals surface area contributed by atoms with E-state index in [4.69, 9.17) is 11.6 Å². The SMILES string of the molecule is O=C(Cl)OC(=O)N1CCC1. The zero-order valence-electron chi connectivity index (χ0n) is 5.17. The highest BCUT2D eigenvalue weighted by Gasteiger charge is 2.22. The number of carbonyl (C=O) groups is 2. The van der Waals surface area contributed by atoms with E-state index in [0.717, 1.165) is 6.42 Å². The quantitative estimate of drug-likeness (QED) is 0.398. The van der Waals surface area contributed by atoms with Crippen molar-refractivity contribution in [2.75, 3.05) is 13.1 Å². The zero-order chi connectivity index (χ0) is 7.56. The van der Waals surface area contributed by atoms with E-state index in [0.29, 0.717) is 13.1 Å². The molecular formula is C5H6ClNO3. The summed E-state index contributed by atoms with van der Waals surface area (Å²) in [6.45, 7) is 1.31. The smallest absolute Gasteiger partial charge is 0.364 e. The molecule has 10 heavy (non-hydrogen) atoms. The number of likely N-dealkylation sites (tertiary alicyclic amines) is 1. The number of nitrogens with zero attached hydrogens (tertiary/aromatic N) is 1. The summed E-state index contributed by atoms with van der Waals surface area (Å²) in [7, 11) is 0. The Labute approximate surface area is 62.7 Å². The molecule has 1 aliphatic rings. The van der Waals surface area contributed by atoms with Crippen molar-refractivity contribution in [3.05, 3.63) is 0 Å². The third-order valence-corrected chi connectivity index (χ3v) is 1.36. The minimum absolute atomic E-state index is 0.647. The molecule has 56 valence electrons. The van der Waals surface area contributed by atoms with Gasteiger partial charge in [0.2, 0.25) is 0 Å². The number of halogens is 1. The van der Waals surface area contributed by atoms with Gasteiger partial charge in [-0.15, -0.1) is 0 Å². The molecule has 1 aliphatic heterocycles. The van der Waals surface area contributed by atoms with Crippen molar-refractivity contribution < 1.29 is 14.3 Å². The number of amides is 1. The Hall–Kier alpha value is -0.770. The van der Waals surface area contributed by atoms with Crippen molar-refractivity contribution in [1.29, 1.82) is 0 Å². The number of hydrogen-bond acceptors (Lipinski definition) is 3. The molecule has 0 aromatic carbocycles. The van der Waals surface area contributed by atoms with Gasteiger partial charge >= 0.3 is 11.5 Å². The van der Waals surface area contributed by atoms with Gasteiger partial charge < -0.3 is 9.64 Å². The van der Waals surface area contributed by atoms with Crippen LogP contribution in [0.2, 0.25) is 0 Å². The number of ether oxygens (including phenoxy) is 1. The first-order chi connectivity index (χ1) is 4.70. The number of carbonyl (C=O) groups excluding carboxylic acids is 2. The molecule has 1 saturated heterocycles. The van der Waals surface area contributed by atoms with Crippen molar-refractivity contribution in [3.8, 4) is 0 Å². The maximum Gasteiger partial charge on any atom is 0.418 e. The van der Waals surface area contributed by atoms with E-state index in [1.165, 1.54) is 4.90 Å². The van der Waals surface area contributed by atoms with E-state index < -0.39 is 11.5 Å². The molecule has 5 heteroatoms. The van der Waals surface area contributed by atoms with E-state index in [2.05, 4.69) is 4.74 Å². The number of hydrogen-bond donors (Lipinski definition) is 0. The highest BCUT2D eigenvalue weighted by molar-refractivity contribution is 6.61. The summed E-state index contributed by atoms with van der Waals surface area (Å²) in [5, 5.41) is 0. The lowest BCUT2D eigenvalue weighted by Crippen LogP contribution is -2.42. The van der Waals surface area contributed by atoms with Crippen LogP contribution in [0.4, 0.5) is 9.59 Å². The van der Waals surface area contributed by atoms with Crippen LogP contribution < -0.4 is 0 Å². The molecule has 4 nitrogen and oxygen atoms in total. The molecule has 0 atom stereocenters. The second kappa shape index (κ2) is 2.88. The fourth-order valence-corrected chi connectivity index (χ4v) is 0.698. The Kier molecular flexibility index (Phi) is 2.11. The van der Waals surface area contributed by atoms with Gasteiger partial charge in [-0.3, -0.25) is 0 Å². The molecular weight excluding hydrogens is 158 g/mol. The van der Waals surface area contributed by atoms with E-state index in [1.807, 2.05) is 0 Å². The Balaban J connectivity index is 2.27. The standard InChI is InChI=1S/C5H6ClNO3/c6-4(8)10-5(9)7-2-1-3-7/h1-3H2. The van der Waals surface area contributed by atoms with Crippen LogP contribution in [0, 0.1) is 0 Å². The van der Waals surface area contributed by atoms with E-state index >= 15 is 0 Å². The molecule has 1 heterocycles. The van der Waals surface area contributed by atoms with Crippen LogP contribution in [0.15, 0.2) is 0 Å². The second-order valence-electron chi connectivity index (χ2n) is 1.95. The highest BCUT2D eigenvalue weighted by Crippen LogP contribution is 2.07. The van der Waals surface area contributed by atoms with Crippen LogP contribution in [-0.2, 0) is 4.74 Å². The van der Waals surface area contributed by atoms with Crippen LogP contribution in [0.1, 0.15) is 6.42 Å². The molecule has 1 amide bonds. The number of rotatable bonds is 0. The highest BCUT2D eigenvalue weighted by atomic mass is 35.5. The van der Waals surface area contributed by atoms with E-state index in [1.54, 1.807) is 0 Å². The lowest BCUT2D eigenvalue weighted by Gasteiger charge is -2.28. The van der Waals surface area contributed by atoms with Crippen LogP contribution in [0.5, 0.6) is 0 Å². The predicted octanol–water partition coefficient (Wildman–Crippen LogP) is 1.19. The summed E-state index contributed by atoms with van der Waals surface area (Å²) in [6, 6.07) is 0. The van der Waals surface area contributed by atoms with E-state index in [-0.39, 0.29) is 0 Å².